The lowest BCUT2D eigenvalue weighted by atomic mass is 9.68. The lowest BCUT2D eigenvalue weighted by Crippen LogP contribution is -2.39. The maximum absolute atomic E-state index is 5.32. The monoisotopic (exact) mass is 630 g/mol. The van der Waals surface area contributed by atoms with Gasteiger partial charge in [-0.25, -0.2) is 29.9 Å². The highest BCUT2D eigenvalue weighted by Crippen LogP contribution is 2.48. The summed E-state index contributed by atoms with van der Waals surface area (Å²) in [4.78, 5) is 38.7. The van der Waals surface area contributed by atoms with Crippen LogP contribution in [0.4, 0.5) is 0 Å². The van der Waals surface area contributed by atoms with Gasteiger partial charge in [-0.1, -0.05) is 104 Å². The van der Waals surface area contributed by atoms with Gasteiger partial charge in [-0.2, -0.15) is 0 Å². The van der Waals surface area contributed by atoms with Gasteiger partial charge in [-0.3, -0.25) is 0 Å². The van der Waals surface area contributed by atoms with Gasteiger partial charge in [0.15, 0.2) is 0 Å². The van der Waals surface area contributed by atoms with Gasteiger partial charge < -0.3 is 9.97 Å². The van der Waals surface area contributed by atoms with E-state index in [0.29, 0.717) is 0 Å². The molecule has 48 heavy (non-hydrogen) atoms. The predicted molar refractivity (Wildman–Crippen MR) is 194 cm³/mol. The first-order valence-corrected chi connectivity index (χ1v) is 16.6. The number of H-pyrrole nitrogens is 2. The molecule has 8 heteroatoms. The van der Waals surface area contributed by atoms with Gasteiger partial charge in [0.1, 0.15) is 45.9 Å². The second-order valence-corrected chi connectivity index (χ2v) is 15.6. The van der Waals surface area contributed by atoms with Crippen LogP contribution in [-0.4, -0.2) is 39.9 Å². The molecule has 0 saturated carbocycles. The van der Waals surface area contributed by atoms with Gasteiger partial charge in [-0.05, 0) is 45.8 Å². The topological polar surface area (TPSA) is 109 Å². The Bertz CT molecular complexity index is 2510. The van der Waals surface area contributed by atoms with Gasteiger partial charge in [0.25, 0.3) is 0 Å². The molecule has 3 aromatic heterocycles. The van der Waals surface area contributed by atoms with Crippen molar-refractivity contribution in [1.82, 2.24) is 39.9 Å². The van der Waals surface area contributed by atoms with Crippen LogP contribution in [0, 0.1) is 0 Å². The number of rotatable bonds is 0. The second kappa shape index (κ2) is 9.22. The predicted octanol–water partition coefficient (Wildman–Crippen LogP) is 9.02. The van der Waals surface area contributed by atoms with E-state index in [4.69, 9.17) is 29.9 Å². The first kappa shape index (κ1) is 28.9. The minimum atomic E-state index is -0.410. The third-order valence-corrected chi connectivity index (χ3v) is 11.9. The molecule has 0 radical (unpaired) electrons. The number of aromatic amines is 2. The van der Waals surface area contributed by atoms with E-state index in [9.17, 15) is 0 Å². The fraction of sp³-hybridized carbons (Fsp3) is 0.300. The third-order valence-electron chi connectivity index (χ3n) is 11.9. The SMILES string of the molecule is CC1(C)c2nc3nc(nc4[nH]c(nc5[nH]c(nc(n2)C1(C)C)c1cc2ccccc2cc51)c1cc2ccccc2cc41)C(C)(C)C3(C)C. The molecule has 2 aliphatic rings. The summed E-state index contributed by atoms with van der Waals surface area (Å²) in [5, 5.41) is 8.53. The smallest absolute Gasteiger partial charge is 0.142 e. The van der Waals surface area contributed by atoms with E-state index >= 15 is 0 Å². The minimum absolute atomic E-state index is 0.407. The summed E-state index contributed by atoms with van der Waals surface area (Å²) < 4.78 is 0. The summed E-state index contributed by atoms with van der Waals surface area (Å²) in [6.45, 7) is 17.6. The molecule has 0 atom stereocenters. The molecule has 0 saturated heterocycles. The fourth-order valence-electron chi connectivity index (χ4n) is 7.07. The van der Waals surface area contributed by atoms with Gasteiger partial charge in [0.05, 0.1) is 0 Å². The zero-order chi connectivity index (χ0) is 33.4. The van der Waals surface area contributed by atoms with Crippen LogP contribution in [0.15, 0.2) is 72.8 Å². The molecule has 0 aliphatic carbocycles. The van der Waals surface area contributed by atoms with E-state index in [1.807, 2.05) is 0 Å². The zero-order valence-corrected chi connectivity index (χ0v) is 28.6. The van der Waals surface area contributed by atoms with Crippen LogP contribution in [0.1, 0.15) is 78.7 Å². The minimum Gasteiger partial charge on any atom is -0.324 e. The van der Waals surface area contributed by atoms with E-state index in [0.717, 1.165) is 89.0 Å². The first-order valence-electron chi connectivity index (χ1n) is 16.6. The van der Waals surface area contributed by atoms with Crippen molar-refractivity contribution >= 4 is 65.7 Å². The van der Waals surface area contributed by atoms with Crippen LogP contribution in [0.2, 0.25) is 0 Å². The Morgan fingerprint density at radius 3 is 0.896 bits per heavy atom. The van der Waals surface area contributed by atoms with Crippen molar-refractivity contribution < 1.29 is 0 Å². The maximum atomic E-state index is 5.32. The van der Waals surface area contributed by atoms with Crippen molar-refractivity contribution in [3.05, 3.63) is 96.1 Å². The molecule has 0 fully saturated rings. The highest BCUT2D eigenvalue weighted by atomic mass is 15.1. The lowest BCUT2D eigenvalue weighted by molar-refractivity contribution is 0.295. The maximum Gasteiger partial charge on any atom is 0.142 e. The standard InChI is InChI=1S/C40H38N8/c1-37(2)33-44-31-27-19-23-15-11-9-13-21(23)17-25(27)29(42-31)41-30-26-18-22-14-10-12-16-24(22)20-28(26)32(43-30)45-34-38(3,4)40(7,8)36(47-34)48-35(46-33)39(37,5)6/h9-20H,1-8H3,(H2,41,42,43,44,45,46,47,48). The molecule has 0 spiro atoms. The van der Waals surface area contributed by atoms with Crippen LogP contribution in [0.5, 0.6) is 0 Å². The normalized spacial score (nSPS) is 17.8. The van der Waals surface area contributed by atoms with Gasteiger partial charge in [0, 0.05) is 43.2 Å². The van der Waals surface area contributed by atoms with Crippen molar-refractivity contribution in [2.45, 2.75) is 77.0 Å². The molecule has 238 valence electrons. The van der Waals surface area contributed by atoms with E-state index in [1.165, 1.54) is 0 Å². The van der Waals surface area contributed by atoms with Crippen LogP contribution < -0.4 is 0 Å². The molecule has 9 rings (SSSR count). The van der Waals surface area contributed by atoms with Crippen molar-refractivity contribution in [1.29, 1.82) is 0 Å². The molecule has 5 heterocycles. The molecular formula is C40H38N8. The van der Waals surface area contributed by atoms with Gasteiger partial charge in [0.2, 0.25) is 0 Å². The summed E-state index contributed by atoms with van der Waals surface area (Å²) in [5.41, 5.74) is 1.28. The number of aromatic nitrogens is 8. The number of hydrogen-bond donors (Lipinski definition) is 2. The van der Waals surface area contributed by atoms with Gasteiger partial charge >= 0.3 is 0 Å². The largest absolute Gasteiger partial charge is 0.324 e. The fourth-order valence-corrected chi connectivity index (χ4v) is 7.07. The van der Waals surface area contributed by atoms with Crippen molar-refractivity contribution in [2.24, 2.45) is 0 Å². The summed E-state index contributed by atoms with van der Waals surface area (Å²) in [6.07, 6.45) is 0. The number of nitrogens with one attached hydrogen (secondary N) is 2. The summed E-state index contributed by atoms with van der Waals surface area (Å²) in [5.74, 6) is 2.91. The third kappa shape index (κ3) is 3.77. The van der Waals surface area contributed by atoms with E-state index in [-0.39, 0.29) is 0 Å². The van der Waals surface area contributed by atoms with Crippen LogP contribution in [-0.2, 0) is 21.7 Å². The Kier molecular flexibility index (Phi) is 5.56. The van der Waals surface area contributed by atoms with Crippen molar-refractivity contribution in [3.63, 3.8) is 0 Å². The average molecular weight is 631 g/mol. The number of fused-ring (bicyclic) bond motifs is 16. The summed E-state index contributed by atoms with van der Waals surface area (Å²) in [7, 11) is 0. The van der Waals surface area contributed by atoms with Crippen molar-refractivity contribution in [2.75, 3.05) is 0 Å². The van der Waals surface area contributed by atoms with E-state index in [1.54, 1.807) is 0 Å². The average Bonchev–Trinajstić information content (AvgIpc) is 3.65. The van der Waals surface area contributed by atoms with E-state index in [2.05, 4.69) is 138 Å². The first-order chi connectivity index (χ1) is 22.8. The number of hydrogen-bond acceptors (Lipinski definition) is 6. The van der Waals surface area contributed by atoms with Crippen LogP contribution in [0.25, 0.3) is 65.7 Å². The molecular weight excluding hydrogens is 592 g/mol. The summed E-state index contributed by atoms with van der Waals surface area (Å²) in [6, 6.07) is 25.6. The molecule has 0 amide bonds. The van der Waals surface area contributed by atoms with Gasteiger partial charge in [-0.15, -0.1) is 0 Å². The Hall–Kier alpha value is -5.24. The van der Waals surface area contributed by atoms with Crippen molar-refractivity contribution in [3.8, 4) is 0 Å². The highest BCUT2D eigenvalue weighted by Gasteiger charge is 2.52. The molecule has 8 nitrogen and oxygen atoms in total. The number of nitrogens with zero attached hydrogens (tertiary/aromatic N) is 6. The van der Waals surface area contributed by atoms with E-state index < -0.39 is 21.7 Å². The molecule has 4 aromatic carbocycles. The van der Waals surface area contributed by atoms with Crippen LogP contribution in [0.3, 0.4) is 0 Å². The zero-order valence-electron chi connectivity index (χ0n) is 28.6. The second-order valence-electron chi connectivity index (χ2n) is 15.6. The Morgan fingerprint density at radius 1 is 0.354 bits per heavy atom. The quantitative estimate of drug-likeness (QED) is 0.173. The lowest BCUT2D eigenvalue weighted by Gasteiger charge is -2.34. The highest BCUT2D eigenvalue weighted by molar-refractivity contribution is 6.13. The number of benzene rings is 4. The molecule has 2 N–H and O–H groups in total. The molecule has 0 unspecified atom stereocenters. The molecule has 7 aromatic rings. The molecule has 2 aliphatic heterocycles. The Labute approximate surface area is 278 Å². The summed E-state index contributed by atoms with van der Waals surface area (Å²) >= 11 is 0. The molecule has 8 bridgehead atoms. The Balaban J connectivity index is 1.53. The van der Waals surface area contributed by atoms with Crippen LogP contribution >= 0.6 is 0 Å². The Morgan fingerprint density at radius 2 is 0.604 bits per heavy atom.